The standard InChI is InChI=1S/C22H26F2N6O4S/c1-34-22(35)27-11-14(25)12-30(26)15-9-16(23)20(17(24)10-15)28-4-6-29(7-5-28)21(33)13-2-3-18(31)19(32)8-13/h2-3,8-10,12,31-32H,4-7,11,25-26H2,1H3,(H,27,35)/b14-12-. The van der Waals surface area contributed by atoms with E-state index in [0.717, 1.165) is 17.1 Å². The molecular formula is C22H26F2N6O4S. The van der Waals surface area contributed by atoms with Crippen molar-refractivity contribution in [2.45, 2.75) is 0 Å². The van der Waals surface area contributed by atoms with Gasteiger partial charge in [-0.25, -0.2) is 14.6 Å². The van der Waals surface area contributed by atoms with Crippen molar-refractivity contribution in [1.82, 2.24) is 10.2 Å². The predicted octanol–water partition coefficient (Wildman–Crippen LogP) is 1.34. The molecular weight excluding hydrogens is 482 g/mol. The van der Waals surface area contributed by atoms with E-state index in [2.05, 4.69) is 5.32 Å². The Balaban J connectivity index is 1.66. The molecule has 1 heterocycles. The lowest BCUT2D eigenvalue weighted by Crippen LogP contribution is -2.49. The summed E-state index contributed by atoms with van der Waals surface area (Å²) in [4.78, 5) is 15.7. The summed E-state index contributed by atoms with van der Waals surface area (Å²) in [7, 11) is 1.40. The molecule has 35 heavy (non-hydrogen) atoms. The van der Waals surface area contributed by atoms with E-state index in [9.17, 15) is 23.8 Å². The Labute approximate surface area is 205 Å². The van der Waals surface area contributed by atoms with Crippen LogP contribution in [0.25, 0.3) is 0 Å². The van der Waals surface area contributed by atoms with E-state index >= 15 is 0 Å². The minimum atomic E-state index is -0.815. The molecule has 13 heteroatoms. The number of nitrogens with one attached hydrogen (secondary N) is 1. The minimum Gasteiger partial charge on any atom is -0.504 e. The zero-order chi connectivity index (χ0) is 25.7. The number of hydrogen-bond donors (Lipinski definition) is 5. The van der Waals surface area contributed by atoms with Crippen LogP contribution >= 0.6 is 12.2 Å². The summed E-state index contributed by atoms with van der Waals surface area (Å²) in [6, 6.07) is 5.96. The second-order valence-corrected chi connectivity index (χ2v) is 8.07. The van der Waals surface area contributed by atoms with Gasteiger partial charge in [-0.15, -0.1) is 0 Å². The number of thiocarbonyl (C=S) groups is 1. The van der Waals surface area contributed by atoms with Crippen LogP contribution in [-0.4, -0.2) is 66.0 Å². The van der Waals surface area contributed by atoms with Crippen molar-refractivity contribution in [3.8, 4) is 11.5 Å². The number of benzene rings is 2. The summed E-state index contributed by atoms with van der Waals surface area (Å²) in [5.41, 5.74) is 6.11. The van der Waals surface area contributed by atoms with Gasteiger partial charge in [0.25, 0.3) is 11.1 Å². The number of halogens is 2. The fraction of sp³-hybridized carbons (Fsp3) is 0.273. The number of hydrazine groups is 1. The average molecular weight is 509 g/mol. The molecule has 1 fully saturated rings. The number of anilines is 2. The summed E-state index contributed by atoms with van der Waals surface area (Å²) < 4.78 is 34.6. The highest BCUT2D eigenvalue weighted by molar-refractivity contribution is 7.80. The van der Waals surface area contributed by atoms with Gasteiger partial charge in [-0.3, -0.25) is 9.80 Å². The Morgan fingerprint density at radius 2 is 1.80 bits per heavy atom. The Bertz CT molecular complexity index is 1120. The number of nitrogens with two attached hydrogens (primary N) is 2. The number of hydrogen-bond acceptors (Lipinski definition) is 9. The maximum Gasteiger partial charge on any atom is 0.256 e. The molecule has 1 aliphatic rings. The Morgan fingerprint density at radius 1 is 1.17 bits per heavy atom. The number of amides is 1. The van der Waals surface area contributed by atoms with Crippen LogP contribution < -0.4 is 26.8 Å². The van der Waals surface area contributed by atoms with Crippen molar-refractivity contribution in [2.24, 2.45) is 11.6 Å². The quantitative estimate of drug-likeness (QED) is 0.168. The molecule has 10 nitrogen and oxygen atoms in total. The average Bonchev–Trinajstić information content (AvgIpc) is 2.83. The molecule has 0 saturated carbocycles. The molecule has 7 N–H and O–H groups in total. The third kappa shape index (κ3) is 6.19. The van der Waals surface area contributed by atoms with E-state index in [1.807, 2.05) is 0 Å². The van der Waals surface area contributed by atoms with Crippen LogP contribution in [-0.2, 0) is 4.74 Å². The first-order valence-electron chi connectivity index (χ1n) is 10.5. The van der Waals surface area contributed by atoms with Gasteiger partial charge in [-0.1, -0.05) is 0 Å². The predicted molar refractivity (Wildman–Crippen MR) is 131 cm³/mol. The molecule has 2 aromatic carbocycles. The van der Waals surface area contributed by atoms with Crippen LogP contribution in [0.4, 0.5) is 20.2 Å². The van der Waals surface area contributed by atoms with Gasteiger partial charge >= 0.3 is 0 Å². The third-order valence-corrected chi connectivity index (χ3v) is 5.64. The van der Waals surface area contributed by atoms with Gasteiger partial charge in [0.2, 0.25) is 0 Å². The van der Waals surface area contributed by atoms with Gasteiger partial charge in [-0.05, 0) is 30.4 Å². The maximum absolute atomic E-state index is 14.9. The molecule has 1 saturated heterocycles. The molecule has 0 spiro atoms. The van der Waals surface area contributed by atoms with Crippen LogP contribution in [0.15, 0.2) is 42.2 Å². The molecule has 0 aromatic heterocycles. The first-order valence-corrected chi connectivity index (χ1v) is 10.9. The van der Waals surface area contributed by atoms with Gasteiger partial charge < -0.3 is 35.8 Å². The number of nitrogens with zero attached hydrogens (tertiary/aromatic N) is 3. The number of phenolic OH excluding ortho intramolecular Hbond substituents is 2. The molecule has 188 valence electrons. The van der Waals surface area contributed by atoms with Crippen molar-refractivity contribution in [3.63, 3.8) is 0 Å². The summed E-state index contributed by atoms with van der Waals surface area (Å²) >= 11 is 4.84. The highest BCUT2D eigenvalue weighted by Gasteiger charge is 2.26. The van der Waals surface area contributed by atoms with Gasteiger partial charge in [0.1, 0.15) is 5.69 Å². The van der Waals surface area contributed by atoms with Crippen molar-refractivity contribution in [1.29, 1.82) is 0 Å². The summed E-state index contributed by atoms with van der Waals surface area (Å²) in [5.74, 6) is 3.16. The third-order valence-electron chi connectivity index (χ3n) is 5.33. The zero-order valence-corrected chi connectivity index (χ0v) is 19.7. The number of carbonyl (C=O) groups excluding carboxylic acids is 1. The lowest BCUT2D eigenvalue weighted by Gasteiger charge is -2.36. The number of ether oxygens (including phenoxy) is 1. The van der Waals surface area contributed by atoms with E-state index in [1.165, 1.54) is 41.3 Å². The number of rotatable bonds is 6. The van der Waals surface area contributed by atoms with Gasteiger partial charge in [0.05, 0.1) is 19.3 Å². The monoisotopic (exact) mass is 508 g/mol. The van der Waals surface area contributed by atoms with Crippen LogP contribution in [0.3, 0.4) is 0 Å². The normalized spacial score (nSPS) is 14.0. The number of carbonyl (C=O) groups is 1. The smallest absolute Gasteiger partial charge is 0.256 e. The number of aromatic hydroxyl groups is 2. The molecule has 1 amide bonds. The maximum atomic E-state index is 14.9. The fourth-order valence-electron chi connectivity index (χ4n) is 3.52. The first-order chi connectivity index (χ1) is 16.6. The van der Waals surface area contributed by atoms with Crippen LogP contribution in [0.1, 0.15) is 10.4 Å². The first kappa shape index (κ1) is 25.8. The van der Waals surface area contributed by atoms with E-state index in [0.29, 0.717) is 0 Å². The van der Waals surface area contributed by atoms with E-state index in [-0.39, 0.29) is 72.2 Å². The SMILES string of the molecule is COC(=S)NC/C(N)=C/N(N)c1cc(F)c(N2CCN(C(=O)c3ccc(O)c(O)c3)CC2)c(F)c1. The lowest BCUT2D eigenvalue weighted by molar-refractivity contribution is 0.0746. The van der Waals surface area contributed by atoms with Gasteiger partial charge in [-0.2, -0.15) is 0 Å². The summed E-state index contributed by atoms with van der Waals surface area (Å²) in [5, 5.41) is 22.9. The Morgan fingerprint density at radius 3 is 2.37 bits per heavy atom. The second-order valence-electron chi connectivity index (χ2n) is 7.70. The van der Waals surface area contributed by atoms with Gasteiger partial charge in [0.15, 0.2) is 23.1 Å². The molecule has 0 aliphatic carbocycles. The molecule has 3 rings (SSSR count). The summed E-state index contributed by atoms with van der Waals surface area (Å²) in [6.45, 7) is 0.913. The van der Waals surface area contributed by atoms with E-state index < -0.39 is 17.4 Å². The van der Waals surface area contributed by atoms with Crippen molar-refractivity contribution in [2.75, 3.05) is 49.7 Å². The summed E-state index contributed by atoms with van der Waals surface area (Å²) in [6.07, 6.45) is 1.30. The molecule has 0 atom stereocenters. The lowest BCUT2D eigenvalue weighted by atomic mass is 10.1. The highest BCUT2D eigenvalue weighted by Crippen LogP contribution is 2.30. The van der Waals surface area contributed by atoms with Crippen LogP contribution in [0.5, 0.6) is 11.5 Å². The molecule has 1 aliphatic heterocycles. The number of phenols is 2. The molecule has 0 unspecified atom stereocenters. The van der Waals surface area contributed by atoms with Crippen molar-refractivity contribution >= 4 is 34.7 Å². The molecule has 0 bridgehead atoms. The Kier molecular flexibility index (Phi) is 8.14. The van der Waals surface area contributed by atoms with Crippen molar-refractivity contribution in [3.05, 3.63) is 59.4 Å². The number of piperazine rings is 1. The topological polar surface area (TPSA) is 141 Å². The molecule has 2 aromatic rings. The van der Waals surface area contributed by atoms with E-state index in [1.54, 1.807) is 0 Å². The number of methoxy groups -OCH3 is 1. The highest BCUT2D eigenvalue weighted by atomic mass is 32.1. The van der Waals surface area contributed by atoms with Crippen LogP contribution in [0.2, 0.25) is 0 Å². The molecule has 0 radical (unpaired) electrons. The van der Waals surface area contributed by atoms with Gasteiger partial charge in [0, 0.05) is 55.8 Å². The van der Waals surface area contributed by atoms with Crippen LogP contribution in [0, 0.1) is 11.6 Å². The zero-order valence-electron chi connectivity index (χ0n) is 18.9. The minimum absolute atomic E-state index is 0.0435. The second kappa shape index (κ2) is 11.1. The van der Waals surface area contributed by atoms with E-state index in [4.69, 9.17) is 28.5 Å². The Hall–Kier alpha value is -3.84. The van der Waals surface area contributed by atoms with Crippen molar-refractivity contribution < 1.29 is 28.5 Å². The fourth-order valence-corrected chi connectivity index (χ4v) is 3.59. The largest absolute Gasteiger partial charge is 0.504 e.